The highest BCUT2D eigenvalue weighted by molar-refractivity contribution is 7.80. The highest BCUT2D eigenvalue weighted by Gasteiger charge is 2.32. The first-order valence-electron chi connectivity index (χ1n) is 7.67. The van der Waals surface area contributed by atoms with E-state index in [1.54, 1.807) is 45.0 Å². The highest BCUT2D eigenvalue weighted by atomic mass is 32.1. The molecule has 2 rings (SSSR count). The molecule has 1 aliphatic heterocycles. The van der Waals surface area contributed by atoms with Gasteiger partial charge in [-0.25, -0.2) is 4.79 Å². The normalized spacial score (nSPS) is 16.8. The monoisotopic (exact) mass is 364 g/mol. The van der Waals surface area contributed by atoms with Gasteiger partial charge in [0.2, 0.25) is 0 Å². The van der Waals surface area contributed by atoms with Crippen LogP contribution in [0.25, 0.3) is 0 Å². The van der Waals surface area contributed by atoms with Crippen LogP contribution in [0.15, 0.2) is 29.5 Å². The minimum atomic E-state index is -0.622. The van der Waals surface area contributed by atoms with E-state index >= 15 is 0 Å². The molecule has 0 saturated heterocycles. The zero-order chi connectivity index (χ0) is 18.7. The quantitative estimate of drug-likeness (QED) is 0.354. The maximum atomic E-state index is 12.3. The molecule has 0 aliphatic carbocycles. The van der Waals surface area contributed by atoms with Crippen LogP contribution in [-0.4, -0.2) is 36.7 Å². The van der Waals surface area contributed by atoms with Gasteiger partial charge in [0.15, 0.2) is 5.11 Å². The number of thiocarbonyl (C=S) groups is 1. The van der Waals surface area contributed by atoms with Crippen molar-refractivity contribution in [3.8, 4) is 0 Å². The summed E-state index contributed by atoms with van der Waals surface area (Å²) in [5.41, 5.74) is 1.90. The molecule has 0 unspecified atom stereocenters. The molecule has 1 heterocycles. The van der Waals surface area contributed by atoms with Crippen molar-refractivity contribution in [2.75, 3.05) is 25.6 Å². The Morgan fingerprint density at radius 3 is 2.68 bits per heavy atom. The van der Waals surface area contributed by atoms with Crippen molar-refractivity contribution in [1.82, 2.24) is 10.6 Å². The average Bonchev–Trinajstić information content (AvgIpc) is 2.53. The van der Waals surface area contributed by atoms with E-state index in [4.69, 9.17) is 17.0 Å². The van der Waals surface area contributed by atoms with E-state index < -0.39 is 16.9 Å². The molecule has 0 saturated carbocycles. The van der Waals surface area contributed by atoms with Crippen LogP contribution in [0.3, 0.4) is 0 Å². The number of carbonyl (C=O) groups is 1. The van der Waals surface area contributed by atoms with Gasteiger partial charge in [-0.2, -0.15) is 0 Å². The minimum Gasteiger partial charge on any atom is -0.463 e. The number of hydrogen-bond donors (Lipinski definition) is 2. The lowest BCUT2D eigenvalue weighted by atomic mass is 9.95. The van der Waals surface area contributed by atoms with E-state index in [9.17, 15) is 14.9 Å². The van der Waals surface area contributed by atoms with Crippen LogP contribution < -0.4 is 15.5 Å². The van der Waals surface area contributed by atoms with Crippen LogP contribution in [0.2, 0.25) is 0 Å². The van der Waals surface area contributed by atoms with Gasteiger partial charge >= 0.3 is 5.97 Å². The standard InChI is InChI=1S/C16H20N4O4S/c1-5-24-15(21)13-9(2)17-16(25)18-14(13)10-6-7-11(19(3)4)12(8-10)20(22)23/h6-8,14H,5H2,1-4H3,(H2,17,18,25)/t14-/m1/s1. The van der Waals surface area contributed by atoms with Gasteiger partial charge in [-0.15, -0.1) is 0 Å². The molecule has 2 N–H and O–H groups in total. The molecule has 0 bridgehead atoms. The Bertz CT molecular complexity index is 761. The van der Waals surface area contributed by atoms with E-state index in [1.807, 2.05) is 0 Å². The van der Waals surface area contributed by atoms with E-state index in [1.165, 1.54) is 6.07 Å². The van der Waals surface area contributed by atoms with Crippen molar-refractivity contribution >= 4 is 34.7 Å². The number of rotatable bonds is 5. The highest BCUT2D eigenvalue weighted by Crippen LogP contribution is 2.34. The Labute approximate surface area is 151 Å². The van der Waals surface area contributed by atoms with Gasteiger partial charge in [-0.3, -0.25) is 10.1 Å². The summed E-state index contributed by atoms with van der Waals surface area (Å²) in [7, 11) is 3.46. The molecule has 8 nitrogen and oxygen atoms in total. The molecule has 25 heavy (non-hydrogen) atoms. The second kappa shape index (κ2) is 7.47. The van der Waals surface area contributed by atoms with Gasteiger partial charge in [0.25, 0.3) is 5.69 Å². The van der Waals surface area contributed by atoms with Crippen molar-refractivity contribution in [3.05, 3.63) is 45.1 Å². The second-order valence-corrected chi connectivity index (χ2v) is 6.10. The van der Waals surface area contributed by atoms with Gasteiger partial charge in [0, 0.05) is 25.9 Å². The zero-order valence-corrected chi connectivity index (χ0v) is 15.3. The SMILES string of the molecule is CCOC(=O)C1=C(C)NC(=S)N[C@@H]1c1ccc(N(C)C)c([N+](=O)[O-])c1. The lowest BCUT2D eigenvalue weighted by Gasteiger charge is -2.30. The molecule has 0 spiro atoms. The molecule has 1 aliphatic rings. The van der Waals surface area contributed by atoms with Crippen LogP contribution in [0.1, 0.15) is 25.5 Å². The Balaban J connectivity index is 2.55. The molecule has 1 aromatic carbocycles. The maximum absolute atomic E-state index is 12.3. The van der Waals surface area contributed by atoms with Crippen molar-refractivity contribution in [2.24, 2.45) is 0 Å². The van der Waals surface area contributed by atoms with Gasteiger partial charge in [0.1, 0.15) is 5.69 Å². The fourth-order valence-electron chi connectivity index (χ4n) is 2.67. The molecule has 0 amide bonds. The predicted molar refractivity (Wildman–Crippen MR) is 98.4 cm³/mol. The van der Waals surface area contributed by atoms with E-state index in [2.05, 4.69) is 10.6 Å². The topological polar surface area (TPSA) is 96.7 Å². The van der Waals surface area contributed by atoms with Crippen molar-refractivity contribution in [1.29, 1.82) is 0 Å². The summed E-state index contributed by atoms with van der Waals surface area (Å²) < 4.78 is 5.12. The average molecular weight is 364 g/mol. The van der Waals surface area contributed by atoms with Crippen LogP contribution in [-0.2, 0) is 9.53 Å². The first kappa shape index (κ1) is 18.7. The summed E-state index contributed by atoms with van der Waals surface area (Å²) in [5.74, 6) is -0.494. The fraction of sp³-hybridized carbons (Fsp3) is 0.375. The summed E-state index contributed by atoms with van der Waals surface area (Å²) >= 11 is 5.17. The number of nitro groups is 1. The molecular formula is C16H20N4O4S. The van der Waals surface area contributed by atoms with Gasteiger partial charge in [-0.1, -0.05) is 6.07 Å². The lowest BCUT2D eigenvalue weighted by Crippen LogP contribution is -2.45. The maximum Gasteiger partial charge on any atom is 0.338 e. The number of esters is 1. The summed E-state index contributed by atoms with van der Waals surface area (Å²) in [4.78, 5) is 25.0. The zero-order valence-electron chi connectivity index (χ0n) is 14.5. The molecule has 1 atom stereocenters. The third-order valence-corrected chi connectivity index (χ3v) is 4.00. The predicted octanol–water partition coefficient (Wildman–Crippen LogP) is 2.02. The summed E-state index contributed by atoms with van der Waals surface area (Å²) in [6.45, 7) is 3.66. The molecular weight excluding hydrogens is 344 g/mol. The van der Waals surface area contributed by atoms with Crippen LogP contribution >= 0.6 is 12.2 Å². The Kier molecular flexibility index (Phi) is 5.58. The summed E-state index contributed by atoms with van der Waals surface area (Å²) in [6.07, 6.45) is 0. The Morgan fingerprint density at radius 2 is 2.12 bits per heavy atom. The number of nitro benzene ring substituents is 1. The number of allylic oxidation sites excluding steroid dienone is 1. The number of anilines is 1. The largest absolute Gasteiger partial charge is 0.463 e. The number of benzene rings is 1. The minimum absolute atomic E-state index is 0.0467. The van der Waals surface area contributed by atoms with Crippen LogP contribution in [0, 0.1) is 10.1 Å². The third-order valence-electron chi connectivity index (χ3n) is 3.78. The van der Waals surface area contributed by atoms with Crippen LogP contribution in [0.5, 0.6) is 0 Å². The summed E-state index contributed by atoms with van der Waals surface area (Å²) in [6, 6.07) is 4.22. The van der Waals surface area contributed by atoms with Crippen molar-refractivity contribution in [2.45, 2.75) is 19.9 Å². The van der Waals surface area contributed by atoms with E-state index in [-0.39, 0.29) is 12.3 Å². The van der Waals surface area contributed by atoms with Crippen molar-refractivity contribution < 1.29 is 14.5 Å². The lowest BCUT2D eigenvalue weighted by molar-refractivity contribution is -0.384. The first-order valence-corrected chi connectivity index (χ1v) is 8.08. The Hall–Kier alpha value is -2.68. The van der Waals surface area contributed by atoms with E-state index in [0.29, 0.717) is 27.6 Å². The second-order valence-electron chi connectivity index (χ2n) is 5.69. The number of nitrogens with zero attached hydrogens (tertiary/aromatic N) is 2. The molecule has 0 aromatic heterocycles. The number of nitrogens with one attached hydrogen (secondary N) is 2. The van der Waals surface area contributed by atoms with Gasteiger partial charge in [-0.05, 0) is 37.7 Å². The Morgan fingerprint density at radius 1 is 1.44 bits per heavy atom. The van der Waals surface area contributed by atoms with E-state index in [0.717, 1.165) is 0 Å². The molecule has 0 fully saturated rings. The molecule has 0 radical (unpaired) electrons. The summed E-state index contributed by atoms with van der Waals surface area (Å²) in [5, 5.41) is 17.7. The van der Waals surface area contributed by atoms with Crippen molar-refractivity contribution in [3.63, 3.8) is 0 Å². The fourth-order valence-corrected chi connectivity index (χ4v) is 2.94. The molecule has 134 valence electrons. The molecule has 1 aromatic rings. The van der Waals surface area contributed by atoms with Gasteiger partial charge in [0.05, 0.1) is 23.1 Å². The third kappa shape index (κ3) is 3.87. The van der Waals surface area contributed by atoms with Crippen LogP contribution in [0.4, 0.5) is 11.4 Å². The number of hydrogen-bond acceptors (Lipinski definition) is 6. The number of ether oxygens (including phenoxy) is 1. The van der Waals surface area contributed by atoms with Gasteiger partial charge < -0.3 is 20.3 Å². The smallest absolute Gasteiger partial charge is 0.338 e. The molecule has 9 heteroatoms. The first-order chi connectivity index (χ1) is 11.8. The number of carbonyl (C=O) groups excluding carboxylic acids is 1.